The maximum Gasteiger partial charge on any atom is 0.116 e. The van der Waals surface area contributed by atoms with Crippen molar-refractivity contribution in [1.29, 1.82) is 0 Å². The van der Waals surface area contributed by atoms with Gasteiger partial charge in [-0.1, -0.05) is 12.1 Å². The average Bonchev–Trinajstić information content (AvgIpc) is 3.48. The molecule has 7 nitrogen and oxygen atoms in total. The normalized spacial score (nSPS) is 11.6. The number of H-pyrrole nitrogens is 2. The van der Waals surface area contributed by atoms with Crippen LogP contribution in [0.5, 0.6) is 0 Å². The van der Waals surface area contributed by atoms with E-state index in [4.69, 9.17) is 0 Å². The molecule has 1 aromatic carbocycles. The number of aromatic nitrogens is 6. The van der Waals surface area contributed by atoms with E-state index >= 15 is 0 Å². The molecule has 34 heavy (non-hydrogen) atoms. The predicted octanol–water partition coefficient (Wildman–Crippen LogP) is 5.29. The van der Waals surface area contributed by atoms with Gasteiger partial charge in [0, 0.05) is 53.2 Å². The summed E-state index contributed by atoms with van der Waals surface area (Å²) in [7, 11) is 4.12. The van der Waals surface area contributed by atoms with Crippen LogP contribution >= 0.6 is 0 Å². The monoisotopic (exact) mass is 445 g/mol. The van der Waals surface area contributed by atoms with Crippen molar-refractivity contribution in [2.24, 2.45) is 0 Å². The van der Waals surface area contributed by atoms with Crippen molar-refractivity contribution in [1.82, 2.24) is 35.0 Å². The molecule has 6 aromatic rings. The number of benzene rings is 1. The topological polar surface area (TPSA) is 86.4 Å². The first-order valence-electron chi connectivity index (χ1n) is 11.1. The molecule has 0 unspecified atom stereocenters. The third kappa shape index (κ3) is 3.62. The van der Waals surface area contributed by atoms with E-state index in [-0.39, 0.29) is 0 Å². The minimum absolute atomic E-state index is 0.845. The highest BCUT2D eigenvalue weighted by Gasteiger charge is 2.15. The molecule has 0 spiro atoms. The number of nitrogens with one attached hydrogen (secondary N) is 2. The van der Waals surface area contributed by atoms with E-state index in [9.17, 15) is 0 Å². The largest absolute Gasteiger partial charge is 0.353 e. The molecule has 0 bridgehead atoms. The van der Waals surface area contributed by atoms with Gasteiger partial charge in [-0.3, -0.25) is 20.1 Å². The molecular weight excluding hydrogens is 422 g/mol. The van der Waals surface area contributed by atoms with Crippen molar-refractivity contribution < 1.29 is 0 Å². The molecule has 166 valence electrons. The number of hydrogen-bond acceptors (Lipinski definition) is 5. The maximum absolute atomic E-state index is 4.64. The van der Waals surface area contributed by atoms with Gasteiger partial charge in [-0.05, 0) is 67.7 Å². The van der Waals surface area contributed by atoms with Gasteiger partial charge in [-0.2, -0.15) is 5.10 Å². The third-order valence-electron chi connectivity index (χ3n) is 5.90. The minimum atomic E-state index is 0.845. The number of aromatic amines is 2. The lowest BCUT2D eigenvalue weighted by molar-refractivity contribution is 0.402. The Kier molecular flexibility index (Phi) is 4.89. The Morgan fingerprint density at radius 2 is 1.71 bits per heavy atom. The molecule has 0 saturated carbocycles. The summed E-state index contributed by atoms with van der Waals surface area (Å²) in [6, 6.07) is 18.5. The molecule has 0 saturated heterocycles. The Bertz CT molecular complexity index is 1610. The minimum Gasteiger partial charge on any atom is -0.353 e. The van der Waals surface area contributed by atoms with E-state index in [1.807, 2.05) is 36.7 Å². The van der Waals surface area contributed by atoms with E-state index in [0.717, 1.165) is 62.3 Å². The number of hydrogen-bond donors (Lipinski definition) is 2. The van der Waals surface area contributed by atoms with Crippen molar-refractivity contribution in [2.45, 2.75) is 6.54 Å². The summed E-state index contributed by atoms with van der Waals surface area (Å²) >= 11 is 0. The molecule has 0 amide bonds. The second kappa shape index (κ2) is 8.20. The standard InChI is InChI=1S/C27H23N7/c1-34(2)16-17-11-19(15-28-14-17)18-6-7-23-20(12-18)27(33-32-23)25-13-21-22(31-25)8-10-30-26(21)24-5-3-4-9-29-24/h3-15,31H,16H2,1-2H3,(H,32,33). The van der Waals surface area contributed by atoms with Crippen LogP contribution in [0.1, 0.15) is 5.56 Å². The molecule has 7 heteroatoms. The number of fused-ring (bicyclic) bond motifs is 2. The van der Waals surface area contributed by atoms with Crippen molar-refractivity contribution in [3.05, 3.63) is 84.9 Å². The highest BCUT2D eigenvalue weighted by Crippen LogP contribution is 2.34. The first-order valence-corrected chi connectivity index (χ1v) is 11.1. The fraction of sp³-hybridized carbons (Fsp3) is 0.111. The van der Waals surface area contributed by atoms with Gasteiger partial charge in [0.05, 0.1) is 22.6 Å². The van der Waals surface area contributed by atoms with Crippen LogP contribution in [0.3, 0.4) is 0 Å². The Morgan fingerprint density at radius 1 is 0.794 bits per heavy atom. The SMILES string of the molecule is CN(C)Cc1cncc(-c2ccc3[nH]nc(-c4cc5c(-c6ccccn6)nccc5[nH]4)c3c2)c1. The van der Waals surface area contributed by atoms with Crippen LogP contribution in [-0.4, -0.2) is 49.1 Å². The fourth-order valence-electron chi connectivity index (χ4n) is 4.38. The van der Waals surface area contributed by atoms with Gasteiger partial charge in [-0.15, -0.1) is 0 Å². The summed E-state index contributed by atoms with van der Waals surface area (Å²) in [4.78, 5) is 19.2. The van der Waals surface area contributed by atoms with Gasteiger partial charge >= 0.3 is 0 Å². The lowest BCUT2D eigenvalue weighted by Crippen LogP contribution is -2.10. The summed E-state index contributed by atoms with van der Waals surface area (Å²) in [6.07, 6.45) is 7.42. The first-order chi connectivity index (χ1) is 16.7. The maximum atomic E-state index is 4.64. The Hall–Kier alpha value is -4.36. The van der Waals surface area contributed by atoms with Crippen LogP contribution in [0.4, 0.5) is 0 Å². The van der Waals surface area contributed by atoms with Crippen molar-refractivity contribution >= 4 is 21.8 Å². The van der Waals surface area contributed by atoms with Crippen LogP contribution in [-0.2, 0) is 6.54 Å². The van der Waals surface area contributed by atoms with Gasteiger partial charge in [0.25, 0.3) is 0 Å². The van der Waals surface area contributed by atoms with Crippen LogP contribution in [0.25, 0.3) is 55.7 Å². The van der Waals surface area contributed by atoms with E-state index in [0.29, 0.717) is 0 Å². The number of rotatable bonds is 5. The molecule has 0 aliphatic rings. The Balaban J connectivity index is 1.45. The van der Waals surface area contributed by atoms with Crippen LogP contribution in [0, 0.1) is 0 Å². The predicted molar refractivity (Wildman–Crippen MR) is 135 cm³/mol. The lowest BCUT2D eigenvalue weighted by Gasteiger charge is -2.10. The number of pyridine rings is 3. The Labute approximate surface area is 196 Å². The van der Waals surface area contributed by atoms with E-state index in [1.165, 1.54) is 5.56 Å². The van der Waals surface area contributed by atoms with E-state index < -0.39 is 0 Å². The fourth-order valence-corrected chi connectivity index (χ4v) is 4.38. The second-order valence-corrected chi connectivity index (χ2v) is 8.67. The smallest absolute Gasteiger partial charge is 0.116 e. The van der Waals surface area contributed by atoms with E-state index in [1.54, 1.807) is 12.4 Å². The molecule has 5 aromatic heterocycles. The quantitative estimate of drug-likeness (QED) is 0.376. The van der Waals surface area contributed by atoms with Crippen molar-refractivity contribution in [3.8, 4) is 33.9 Å². The van der Waals surface area contributed by atoms with Gasteiger partial charge in [0.1, 0.15) is 5.69 Å². The zero-order valence-corrected chi connectivity index (χ0v) is 18.9. The average molecular weight is 446 g/mol. The summed E-state index contributed by atoms with van der Waals surface area (Å²) in [6.45, 7) is 0.849. The van der Waals surface area contributed by atoms with Crippen LogP contribution in [0.2, 0.25) is 0 Å². The lowest BCUT2D eigenvalue weighted by atomic mass is 10.0. The summed E-state index contributed by atoms with van der Waals surface area (Å²) in [5, 5.41) is 9.88. The van der Waals surface area contributed by atoms with Crippen LogP contribution < -0.4 is 0 Å². The zero-order chi connectivity index (χ0) is 23.1. The van der Waals surface area contributed by atoms with Crippen molar-refractivity contribution in [3.63, 3.8) is 0 Å². The summed E-state index contributed by atoms with van der Waals surface area (Å²) in [5.74, 6) is 0. The molecule has 0 atom stereocenters. The number of nitrogens with zero attached hydrogens (tertiary/aromatic N) is 5. The molecule has 0 fully saturated rings. The third-order valence-corrected chi connectivity index (χ3v) is 5.90. The highest BCUT2D eigenvalue weighted by molar-refractivity contribution is 6.00. The highest BCUT2D eigenvalue weighted by atomic mass is 15.1. The Morgan fingerprint density at radius 3 is 2.56 bits per heavy atom. The summed E-state index contributed by atoms with van der Waals surface area (Å²) in [5.41, 5.74) is 8.86. The molecule has 0 radical (unpaired) electrons. The van der Waals surface area contributed by atoms with Gasteiger partial charge in [-0.25, -0.2) is 0 Å². The summed E-state index contributed by atoms with van der Waals surface area (Å²) < 4.78 is 0. The van der Waals surface area contributed by atoms with Gasteiger partial charge in [0.15, 0.2) is 0 Å². The zero-order valence-electron chi connectivity index (χ0n) is 18.9. The molecule has 2 N–H and O–H groups in total. The van der Waals surface area contributed by atoms with Gasteiger partial charge < -0.3 is 9.88 Å². The van der Waals surface area contributed by atoms with Gasteiger partial charge in [0.2, 0.25) is 0 Å². The second-order valence-electron chi connectivity index (χ2n) is 8.67. The van der Waals surface area contributed by atoms with Crippen LogP contribution in [0.15, 0.2) is 79.4 Å². The molecule has 6 rings (SSSR count). The van der Waals surface area contributed by atoms with E-state index in [2.05, 4.69) is 79.5 Å². The molecular formula is C27H23N7. The van der Waals surface area contributed by atoms with Crippen molar-refractivity contribution in [2.75, 3.05) is 14.1 Å². The molecule has 0 aliphatic heterocycles. The first kappa shape index (κ1) is 20.3. The molecule has 5 heterocycles. The molecule has 0 aliphatic carbocycles.